The SMILES string of the molecule is CC(=O)N[C@H](Cc1ccc(Cl)cc1)C(=O)N1CCN(C)[C@H](Cc2ccc3ccccc3c2)C1. The lowest BCUT2D eigenvalue weighted by atomic mass is 9.98. The number of fused-ring (bicyclic) bond motifs is 1. The van der Waals surface area contributed by atoms with E-state index in [0.29, 0.717) is 24.5 Å². The maximum atomic E-state index is 13.5. The van der Waals surface area contributed by atoms with Gasteiger partial charge in [0, 0.05) is 44.0 Å². The van der Waals surface area contributed by atoms with E-state index in [1.807, 2.05) is 29.2 Å². The van der Waals surface area contributed by atoms with Gasteiger partial charge in [-0.15, -0.1) is 0 Å². The molecule has 3 aromatic rings. The topological polar surface area (TPSA) is 52.7 Å². The van der Waals surface area contributed by atoms with Crippen LogP contribution >= 0.6 is 11.6 Å². The molecule has 4 rings (SSSR count). The van der Waals surface area contributed by atoms with E-state index in [9.17, 15) is 9.59 Å². The van der Waals surface area contributed by atoms with E-state index in [0.717, 1.165) is 18.5 Å². The molecule has 1 N–H and O–H groups in total. The summed E-state index contributed by atoms with van der Waals surface area (Å²) in [7, 11) is 2.12. The van der Waals surface area contributed by atoms with Crippen LogP contribution in [0.1, 0.15) is 18.1 Å². The van der Waals surface area contributed by atoms with Crippen LogP contribution in [0.4, 0.5) is 0 Å². The Morgan fingerprint density at radius 3 is 2.42 bits per heavy atom. The molecule has 1 fully saturated rings. The van der Waals surface area contributed by atoms with Crippen molar-refractivity contribution in [3.63, 3.8) is 0 Å². The molecule has 1 heterocycles. The Morgan fingerprint density at radius 1 is 1.00 bits per heavy atom. The molecule has 0 bridgehead atoms. The highest BCUT2D eigenvalue weighted by Gasteiger charge is 2.32. The molecular formula is C27H30ClN3O2. The van der Waals surface area contributed by atoms with Gasteiger partial charge in [0.15, 0.2) is 0 Å². The van der Waals surface area contributed by atoms with Crippen molar-refractivity contribution in [2.24, 2.45) is 0 Å². The molecular weight excluding hydrogens is 434 g/mol. The Morgan fingerprint density at radius 2 is 1.70 bits per heavy atom. The highest BCUT2D eigenvalue weighted by molar-refractivity contribution is 6.30. The monoisotopic (exact) mass is 463 g/mol. The number of hydrogen-bond acceptors (Lipinski definition) is 3. The van der Waals surface area contributed by atoms with Gasteiger partial charge in [0.1, 0.15) is 6.04 Å². The van der Waals surface area contributed by atoms with Crippen molar-refractivity contribution < 1.29 is 9.59 Å². The molecule has 1 saturated heterocycles. The van der Waals surface area contributed by atoms with Crippen LogP contribution < -0.4 is 5.32 Å². The maximum absolute atomic E-state index is 13.5. The van der Waals surface area contributed by atoms with Crippen LogP contribution in [0.3, 0.4) is 0 Å². The lowest BCUT2D eigenvalue weighted by Gasteiger charge is -2.41. The number of amides is 2. The summed E-state index contributed by atoms with van der Waals surface area (Å²) < 4.78 is 0. The second kappa shape index (κ2) is 10.4. The number of likely N-dealkylation sites (N-methyl/N-ethyl adjacent to an activating group) is 1. The first-order chi connectivity index (χ1) is 15.9. The number of carbonyl (C=O) groups is 2. The van der Waals surface area contributed by atoms with Gasteiger partial charge in [-0.05, 0) is 47.5 Å². The zero-order valence-corrected chi connectivity index (χ0v) is 19.9. The van der Waals surface area contributed by atoms with Crippen LogP contribution in [-0.2, 0) is 22.4 Å². The van der Waals surface area contributed by atoms with E-state index >= 15 is 0 Å². The molecule has 33 heavy (non-hydrogen) atoms. The minimum absolute atomic E-state index is 0.0308. The molecule has 5 nitrogen and oxygen atoms in total. The van der Waals surface area contributed by atoms with Crippen LogP contribution in [-0.4, -0.2) is 60.4 Å². The molecule has 0 aliphatic carbocycles. The molecule has 1 aliphatic heterocycles. The minimum Gasteiger partial charge on any atom is -0.344 e. The van der Waals surface area contributed by atoms with Crippen molar-refractivity contribution in [2.45, 2.75) is 31.8 Å². The maximum Gasteiger partial charge on any atom is 0.245 e. The number of piperazine rings is 1. The largest absolute Gasteiger partial charge is 0.344 e. The number of hydrogen-bond donors (Lipinski definition) is 1. The molecule has 6 heteroatoms. The molecule has 0 spiro atoms. The van der Waals surface area contributed by atoms with Crippen molar-refractivity contribution in [1.82, 2.24) is 15.1 Å². The first kappa shape index (κ1) is 23.3. The van der Waals surface area contributed by atoms with E-state index in [1.54, 1.807) is 0 Å². The molecule has 2 amide bonds. The quantitative estimate of drug-likeness (QED) is 0.602. The van der Waals surface area contributed by atoms with Crippen LogP contribution in [0.2, 0.25) is 5.02 Å². The van der Waals surface area contributed by atoms with E-state index < -0.39 is 6.04 Å². The third kappa shape index (κ3) is 5.92. The summed E-state index contributed by atoms with van der Waals surface area (Å²) in [6.45, 7) is 3.55. The lowest BCUT2D eigenvalue weighted by molar-refractivity contribution is -0.138. The third-order valence-electron chi connectivity index (χ3n) is 6.40. The molecule has 0 unspecified atom stereocenters. The van der Waals surface area contributed by atoms with Gasteiger partial charge in [0.2, 0.25) is 11.8 Å². The molecule has 1 aliphatic rings. The van der Waals surface area contributed by atoms with Crippen molar-refractivity contribution >= 4 is 34.2 Å². The highest BCUT2D eigenvalue weighted by atomic mass is 35.5. The molecule has 0 radical (unpaired) electrons. The van der Waals surface area contributed by atoms with E-state index in [-0.39, 0.29) is 17.9 Å². The van der Waals surface area contributed by atoms with E-state index in [1.165, 1.54) is 23.3 Å². The fourth-order valence-electron chi connectivity index (χ4n) is 4.53. The molecule has 3 aromatic carbocycles. The van der Waals surface area contributed by atoms with Crippen molar-refractivity contribution in [1.29, 1.82) is 0 Å². The van der Waals surface area contributed by atoms with Gasteiger partial charge < -0.3 is 10.2 Å². The number of benzene rings is 3. The van der Waals surface area contributed by atoms with Gasteiger partial charge in [-0.2, -0.15) is 0 Å². The normalized spacial score (nSPS) is 17.7. The van der Waals surface area contributed by atoms with Crippen molar-refractivity contribution in [2.75, 3.05) is 26.7 Å². The average molecular weight is 464 g/mol. The first-order valence-corrected chi connectivity index (χ1v) is 11.7. The predicted molar refractivity (Wildman–Crippen MR) is 133 cm³/mol. The standard InChI is InChI=1S/C27H30ClN3O2/c1-19(32)29-26(17-20-8-11-24(28)12-9-20)27(33)31-14-13-30(2)25(18-31)16-21-7-10-22-5-3-4-6-23(22)15-21/h3-12,15,25-26H,13-14,16-18H2,1-2H3,(H,29,32)/t25-,26-/m1/s1. The van der Waals surface area contributed by atoms with Gasteiger partial charge in [-0.1, -0.05) is 66.2 Å². The molecule has 172 valence electrons. The molecule has 0 saturated carbocycles. The smallest absolute Gasteiger partial charge is 0.245 e. The summed E-state index contributed by atoms with van der Waals surface area (Å²) in [5.41, 5.74) is 2.23. The fraction of sp³-hybridized carbons (Fsp3) is 0.333. The Kier molecular flexibility index (Phi) is 7.31. The zero-order valence-electron chi connectivity index (χ0n) is 19.1. The zero-order chi connectivity index (χ0) is 23.4. The Bertz CT molecular complexity index is 1130. The number of nitrogens with one attached hydrogen (secondary N) is 1. The van der Waals surface area contributed by atoms with Crippen LogP contribution in [0.15, 0.2) is 66.7 Å². The molecule has 2 atom stereocenters. The van der Waals surface area contributed by atoms with Gasteiger partial charge >= 0.3 is 0 Å². The minimum atomic E-state index is -0.589. The summed E-state index contributed by atoms with van der Waals surface area (Å²) in [5.74, 6) is -0.235. The van der Waals surface area contributed by atoms with Crippen molar-refractivity contribution in [3.05, 3.63) is 82.9 Å². The highest BCUT2D eigenvalue weighted by Crippen LogP contribution is 2.20. The van der Waals surface area contributed by atoms with Crippen LogP contribution in [0.5, 0.6) is 0 Å². The van der Waals surface area contributed by atoms with Crippen molar-refractivity contribution in [3.8, 4) is 0 Å². The summed E-state index contributed by atoms with van der Waals surface area (Å²) in [5, 5.41) is 5.97. The first-order valence-electron chi connectivity index (χ1n) is 11.4. The van der Waals surface area contributed by atoms with Gasteiger partial charge in [0.05, 0.1) is 0 Å². The number of nitrogens with zero attached hydrogens (tertiary/aromatic N) is 2. The lowest BCUT2D eigenvalue weighted by Crippen LogP contribution is -2.58. The Labute approximate surface area is 200 Å². The van der Waals surface area contributed by atoms with E-state index in [4.69, 9.17) is 11.6 Å². The van der Waals surface area contributed by atoms with Gasteiger partial charge in [-0.3, -0.25) is 14.5 Å². The Hall–Kier alpha value is -2.89. The predicted octanol–water partition coefficient (Wildman–Crippen LogP) is 3.93. The number of carbonyl (C=O) groups excluding carboxylic acids is 2. The average Bonchev–Trinajstić information content (AvgIpc) is 2.80. The third-order valence-corrected chi connectivity index (χ3v) is 6.65. The number of rotatable bonds is 6. The second-order valence-electron chi connectivity index (χ2n) is 8.89. The van der Waals surface area contributed by atoms with Crippen LogP contribution in [0.25, 0.3) is 10.8 Å². The van der Waals surface area contributed by atoms with Gasteiger partial charge in [-0.25, -0.2) is 0 Å². The number of halogens is 1. The summed E-state index contributed by atoms with van der Waals surface area (Å²) in [4.78, 5) is 29.5. The fourth-order valence-corrected chi connectivity index (χ4v) is 4.65. The summed E-state index contributed by atoms with van der Waals surface area (Å²) in [6.07, 6.45) is 1.31. The summed E-state index contributed by atoms with van der Waals surface area (Å²) in [6, 6.07) is 22.0. The molecule has 0 aromatic heterocycles. The Balaban J connectivity index is 1.47. The second-order valence-corrected chi connectivity index (χ2v) is 9.32. The van der Waals surface area contributed by atoms with Crippen LogP contribution in [0, 0.1) is 0 Å². The summed E-state index contributed by atoms with van der Waals surface area (Å²) >= 11 is 6.00. The van der Waals surface area contributed by atoms with E-state index in [2.05, 4.69) is 59.7 Å². The van der Waals surface area contributed by atoms with Gasteiger partial charge in [0.25, 0.3) is 0 Å².